The zero-order chi connectivity index (χ0) is 13.8. The Bertz CT molecular complexity index is 592. The largest absolute Gasteiger partial charge is 0.496 e. The highest BCUT2D eigenvalue weighted by atomic mass is 79.9. The smallest absolute Gasteiger partial charge is 0.134 e. The number of hydrogen-bond acceptors (Lipinski definition) is 3. The summed E-state index contributed by atoms with van der Waals surface area (Å²) in [5, 5.41) is 0. The van der Waals surface area contributed by atoms with Gasteiger partial charge in [0.2, 0.25) is 0 Å². The van der Waals surface area contributed by atoms with Gasteiger partial charge in [-0.2, -0.15) is 0 Å². The fourth-order valence-electron chi connectivity index (χ4n) is 1.61. The molecule has 2 nitrogen and oxygen atoms in total. The van der Waals surface area contributed by atoms with E-state index in [0.29, 0.717) is 11.4 Å². The van der Waals surface area contributed by atoms with Gasteiger partial charge in [0.25, 0.3) is 0 Å². The van der Waals surface area contributed by atoms with Crippen molar-refractivity contribution in [2.75, 3.05) is 12.8 Å². The van der Waals surface area contributed by atoms with E-state index in [2.05, 4.69) is 15.9 Å². The number of ether oxygens (including phenoxy) is 1. The van der Waals surface area contributed by atoms with Gasteiger partial charge in [-0.1, -0.05) is 15.9 Å². The predicted molar refractivity (Wildman–Crippen MR) is 81.1 cm³/mol. The molecule has 0 bridgehead atoms. The Kier molecular flexibility index (Phi) is 4.71. The molecule has 0 saturated carbocycles. The second-order valence-electron chi connectivity index (χ2n) is 3.93. The van der Waals surface area contributed by atoms with Crippen LogP contribution in [0.15, 0.2) is 45.8 Å². The molecule has 0 unspecified atom stereocenters. The maximum Gasteiger partial charge on any atom is 0.134 e. The van der Waals surface area contributed by atoms with E-state index < -0.39 is 0 Å². The number of halogens is 2. The Balaban J connectivity index is 2.16. The number of nitrogens with two attached hydrogens (primary N) is 1. The number of benzene rings is 2. The van der Waals surface area contributed by atoms with E-state index >= 15 is 0 Å². The van der Waals surface area contributed by atoms with Crippen molar-refractivity contribution in [1.29, 1.82) is 0 Å². The van der Waals surface area contributed by atoms with E-state index in [-0.39, 0.29) is 5.82 Å². The van der Waals surface area contributed by atoms with Crippen molar-refractivity contribution in [3.8, 4) is 5.75 Å². The van der Waals surface area contributed by atoms with Crippen molar-refractivity contribution in [2.45, 2.75) is 10.6 Å². The summed E-state index contributed by atoms with van der Waals surface area (Å²) in [4.78, 5) is 0.980. The zero-order valence-electron chi connectivity index (χ0n) is 10.3. The minimum Gasteiger partial charge on any atom is -0.496 e. The summed E-state index contributed by atoms with van der Waals surface area (Å²) in [5.74, 6) is 1.15. The van der Waals surface area contributed by atoms with Gasteiger partial charge < -0.3 is 10.5 Å². The Hall–Kier alpha value is -1.20. The van der Waals surface area contributed by atoms with E-state index in [0.717, 1.165) is 20.7 Å². The van der Waals surface area contributed by atoms with Crippen molar-refractivity contribution in [2.24, 2.45) is 0 Å². The third kappa shape index (κ3) is 3.64. The Morgan fingerprint density at radius 2 is 2.05 bits per heavy atom. The second kappa shape index (κ2) is 6.30. The molecule has 0 spiro atoms. The minimum absolute atomic E-state index is 0.233. The fraction of sp³-hybridized carbons (Fsp3) is 0.143. The van der Waals surface area contributed by atoms with Gasteiger partial charge in [-0.25, -0.2) is 4.39 Å². The summed E-state index contributed by atoms with van der Waals surface area (Å²) in [6, 6.07) is 10.2. The van der Waals surface area contributed by atoms with Gasteiger partial charge in [0, 0.05) is 26.9 Å². The highest BCUT2D eigenvalue weighted by Gasteiger charge is 2.07. The molecule has 0 aromatic heterocycles. The van der Waals surface area contributed by atoms with Crippen LogP contribution in [0, 0.1) is 5.82 Å². The summed E-state index contributed by atoms with van der Waals surface area (Å²) < 4.78 is 19.4. The molecule has 0 radical (unpaired) electrons. The number of thioether (sulfide) groups is 1. The monoisotopic (exact) mass is 341 g/mol. The first-order valence-electron chi connectivity index (χ1n) is 5.60. The first kappa shape index (κ1) is 14.2. The molecule has 2 aromatic carbocycles. The summed E-state index contributed by atoms with van der Waals surface area (Å²) >= 11 is 5.00. The maximum atomic E-state index is 13.2. The molecule has 100 valence electrons. The van der Waals surface area contributed by atoms with Gasteiger partial charge in [-0.3, -0.25) is 0 Å². The highest BCUT2D eigenvalue weighted by Crippen LogP contribution is 2.34. The van der Waals surface area contributed by atoms with Crippen LogP contribution in [0.4, 0.5) is 10.1 Å². The number of hydrogen-bond donors (Lipinski definition) is 1. The number of anilines is 1. The molecule has 0 saturated heterocycles. The number of rotatable bonds is 4. The first-order valence-corrected chi connectivity index (χ1v) is 7.38. The van der Waals surface area contributed by atoms with Crippen molar-refractivity contribution in [3.05, 3.63) is 52.3 Å². The standard InChI is InChI=1S/C14H13BrFNOS/c1-18-13-7-11(17)3-5-14(13)19-8-9-6-10(16)2-4-12(9)15/h2-7H,8,17H2,1H3. The highest BCUT2D eigenvalue weighted by molar-refractivity contribution is 9.10. The zero-order valence-corrected chi connectivity index (χ0v) is 12.7. The third-order valence-corrected chi connectivity index (χ3v) is 4.46. The molecule has 0 fully saturated rings. The van der Waals surface area contributed by atoms with Gasteiger partial charge in [0.1, 0.15) is 11.6 Å². The molecule has 5 heteroatoms. The van der Waals surface area contributed by atoms with Crippen LogP contribution < -0.4 is 10.5 Å². The van der Waals surface area contributed by atoms with Crippen LogP contribution in [0.5, 0.6) is 5.75 Å². The molecule has 19 heavy (non-hydrogen) atoms. The van der Waals surface area contributed by atoms with E-state index in [9.17, 15) is 4.39 Å². The number of nitrogen functional groups attached to an aromatic ring is 1. The maximum absolute atomic E-state index is 13.2. The summed E-state index contributed by atoms with van der Waals surface area (Å²) in [5.41, 5.74) is 7.27. The average Bonchev–Trinajstić information content (AvgIpc) is 2.40. The molecule has 0 aliphatic rings. The van der Waals surface area contributed by atoms with E-state index in [4.69, 9.17) is 10.5 Å². The molecule has 0 heterocycles. The molecule has 0 aliphatic carbocycles. The summed E-state index contributed by atoms with van der Waals surface area (Å²) in [6.45, 7) is 0. The van der Waals surface area contributed by atoms with Crippen molar-refractivity contribution in [3.63, 3.8) is 0 Å². The van der Waals surface area contributed by atoms with Gasteiger partial charge in [-0.15, -0.1) is 11.8 Å². The SMILES string of the molecule is COc1cc(N)ccc1SCc1cc(F)ccc1Br. The third-order valence-electron chi connectivity index (χ3n) is 2.58. The Morgan fingerprint density at radius 3 is 2.79 bits per heavy atom. The lowest BCUT2D eigenvalue weighted by atomic mass is 10.2. The lowest BCUT2D eigenvalue weighted by molar-refractivity contribution is 0.405. The lowest BCUT2D eigenvalue weighted by Gasteiger charge is -2.09. The Morgan fingerprint density at radius 1 is 1.26 bits per heavy atom. The van der Waals surface area contributed by atoms with Crippen LogP contribution in [-0.2, 0) is 5.75 Å². The van der Waals surface area contributed by atoms with E-state index in [1.807, 2.05) is 12.1 Å². The topological polar surface area (TPSA) is 35.2 Å². The quantitative estimate of drug-likeness (QED) is 0.658. The summed E-state index contributed by atoms with van der Waals surface area (Å²) in [7, 11) is 1.61. The van der Waals surface area contributed by atoms with Gasteiger partial charge >= 0.3 is 0 Å². The van der Waals surface area contributed by atoms with E-state index in [1.54, 1.807) is 31.0 Å². The molecular formula is C14H13BrFNOS. The molecule has 0 aliphatic heterocycles. The van der Waals surface area contributed by atoms with Crippen LogP contribution in [0.1, 0.15) is 5.56 Å². The van der Waals surface area contributed by atoms with Crippen molar-refractivity contribution < 1.29 is 9.13 Å². The lowest BCUT2D eigenvalue weighted by Crippen LogP contribution is -1.91. The van der Waals surface area contributed by atoms with Crippen LogP contribution in [-0.4, -0.2) is 7.11 Å². The van der Waals surface area contributed by atoms with Gasteiger partial charge in [0.05, 0.1) is 7.11 Å². The molecule has 2 rings (SSSR count). The van der Waals surface area contributed by atoms with Crippen LogP contribution in [0.2, 0.25) is 0 Å². The van der Waals surface area contributed by atoms with Crippen molar-refractivity contribution >= 4 is 33.4 Å². The molecular weight excluding hydrogens is 329 g/mol. The second-order valence-corrected chi connectivity index (χ2v) is 5.81. The average molecular weight is 342 g/mol. The van der Waals surface area contributed by atoms with Gasteiger partial charge in [-0.05, 0) is 35.9 Å². The van der Waals surface area contributed by atoms with Crippen LogP contribution >= 0.6 is 27.7 Å². The van der Waals surface area contributed by atoms with Crippen molar-refractivity contribution in [1.82, 2.24) is 0 Å². The normalized spacial score (nSPS) is 10.5. The van der Waals surface area contributed by atoms with Crippen LogP contribution in [0.3, 0.4) is 0 Å². The summed E-state index contributed by atoms with van der Waals surface area (Å²) in [6.07, 6.45) is 0. The van der Waals surface area contributed by atoms with Crippen LogP contribution in [0.25, 0.3) is 0 Å². The number of methoxy groups -OCH3 is 1. The molecule has 2 N–H and O–H groups in total. The Labute approximate surface area is 124 Å². The van der Waals surface area contributed by atoms with Gasteiger partial charge in [0.15, 0.2) is 0 Å². The predicted octanol–water partition coefficient (Wildman–Crippen LogP) is 4.47. The molecule has 2 aromatic rings. The fourth-order valence-corrected chi connectivity index (χ4v) is 3.18. The minimum atomic E-state index is -0.233. The first-order chi connectivity index (χ1) is 9.10. The molecule has 0 atom stereocenters. The molecule has 0 amide bonds. The van der Waals surface area contributed by atoms with E-state index in [1.165, 1.54) is 12.1 Å².